The van der Waals surface area contributed by atoms with E-state index >= 15 is 0 Å². The number of hydrogen-bond donors (Lipinski definition) is 2. The highest BCUT2D eigenvalue weighted by Gasteiger charge is 2.08. The Morgan fingerprint density at radius 1 is 1.10 bits per heavy atom. The van der Waals surface area contributed by atoms with Crippen LogP contribution in [0.2, 0.25) is 0 Å². The molecule has 2 aromatic heterocycles. The second-order valence-corrected chi connectivity index (χ2v) is 6.40. The molecule has 0 bridgehead atoms. The van der Waals surface area contributed by atoms with Crippen LogP contribution in [0.4, 0.5) is 23.1 Å². The summed E-state index contributed by atoms with van der Waals surface area (Å²) in [7, 11) is 0. The van der Waals surface area contributed by atoms with Gasteiger partial charge in [0, 0.05) is 42.3 Å². The largest absolute Gasteiger partial charge is 0.465 e. The van der Waals surface area contributed by atoms with Crippen LogP contribution in [-0.2, 0) is 4.79 Å². The van der Waals surface area contributed by atoms with Gasteiger partial charge >= 0.3 is 0 Å². The Hall–Kier alpha value is -3.61. The molecule has 0 radical (unpaired) electrons. The first kappa shape index (κ1) is 20.1. The van der Waals surface area contributed by atoms with E-state index in [1.165, 1.54) is 6.08 Å². The van der Waals surface area contributed by atoms with E-state index in [0.717, 1.165) is 30.3 Å². The summed E-state index contributed by atoms with van der Waals surface area (Å²) in [5, 5.41) is 6.04. The maximum atomic E-state index is 12.0. The number of nitrogens with zero attached hydrogens (tertiary/aromatic N) is 3. The molecule has 0 spiro atoms. The minimum absolute atomic E-state index is 0.229. The predicted octanol–water partition coefficient (Wildman–Crippen LogP) is 4.62. The highest BCUT2D eigenvalue weighted by molar-refractivity contribution is 6.01. The van der Waals surface area contributed by atoms with Gasteiger partial charge in [-0.15, -0.1) is 0 Å². The lowest BCUT2D eigenvalue weighted by Gasteiger charge is -2.20. The van der Waals surface area contributed by atoms with E-state index in [4.69, 9.17) is 4.42 Å². The molecule has 0 aliphatic carbocycles. The zero-order chi connectivity index (χ0) is 20.6. The van der Waals surface area contributed by atoms with Gasteiger partial charge in [0.15, 0.2) is 0 Å². The van der Waals surface area contributed by atoms with Crippen molar-refractivity contribution in [1.82, 2.24) is 9.97 Å². The molecule has 0 aliphatic rings. The Bertz CT molecular complexity index is 961. The second kappa shape index (κ2) is 9.54. The third-order valence-corrected chi connectivity index (χ3v) is 4.28. The van der Waals surface area contributed by atoms with Crippen molar-refractivity contribution in [3.8, 4) is 0 Å². The molecule has 7 heteroatoms. The molecule has 0 unspecified atom stereocenters. The minimum atomic E-state index is -0.229. The molecule has 0 aliphatic heterocycles. The fourth-order valence-corrected chi connectivity index (χ4v) is 2.81. The molecule has 2 N–H and O–H groups in total. The molecule has 7 nitrogen and oxygen atoms in total. The predicted molar refractivity (Wildman–Crippen MR) is 116 cm³/mol. The molecule has 3 aromatic rings. The SMILES string of the molecule is CCN(CC)c1cc(C)nc(Nc2ccc(NC(=O)/C=C/c3ccco3)cc2)n1. The Balaban J connectivity index is 1.64. The number of benzene rings is 1. The summed E-state index contributed by atoms with van der Waals surface area (Å²) in [6.07, 6.45) is 4.61. The normalized spacial score (nSPS) is 10.9. The van der Waals surface area contributed by atoms with Gasteiger partial charge < -0.3 is 20.0 Å². The number of hydrogen-bond acceptors (Lipinski definition) is 6. The van der Waals surface area contributed by atoms with Crippen LogP contribution in [0.3, 0.4) is 0 Å². The van der Waals surface area contributed by atoms with Crippen molar-refractivity contribution in [3.63, 3.8) is 0 Å². The number of nitrogens with one attached hydrogen (secondary N) is 2. The van der Waals surface area contributed by atoms with Gasteiger partial charge in [-0.25, -0.2) is 4.98 Å². The van der Waals surface area contributed by atoms with Crippen molar-refractivity contribution in [2.75, 3.05) is 28.6 Å². The van der Waals surface area contributed by atoms with Crippen molar-refractivity contribution >= 4 is 35.1 Å². The molecule has 150 valence electrons. The summed E-state index contributed by atoms with van der Waals surface area (Å²) in [6, 6.07) is 12.9. The molecule has 29 heavy (non-hydrogen) atoms. The number of anilines is 4. The van der Waals surface area contributed by atoms with Crippen LogP contribution in [0, 0.1) is 6.92 Å². The van der Waals surface area contributed by atoms with Crippen molar-refractivity contribution in [2.45, 2.75) is 20.8 Å². The van der Waals surface area contributed by atoms with E-state index in [1.54, 1.807) is 24.5 Å². The smallest absolute Gasteiger partial charge is 0.248 e. The van der Waals surface area contributed by atoms with Gasteiger partial charge in [0.1, 0.15) is 11.6 Å². The zero-order valence-corrected chi connectivity index (χ0v) is 16.8. The topological polar surface area (TPSA) is 83.3 Å². The molecule has 1 aromatic carbocycles. The average Bonchev–Trinajstić information content (AvgIpc) is 3.22. The third kappa shape index (κ3) is 5.68. The lowest BCUT2D eigenvalue weighted by Crippen LogP contribution is -2.23. The summed E-state index contributed by atoms with van der Waals surface area (Å²) in [5.41, 5.74) is 2.43. The Morgan fingerprint density at radius 2 is 1.83 bits per heavy atom. The maximum Gasteiger partial charge on any atom is 0.248 e. The lowest BCUT2D eigenvalue weighted by molar-refractivity contribution is -0.111. The van der Waals surface area contributed by atoms with Gasteiger partial charge in [0.25, 0.3) is 0 Å². The quantitative estimate of drug-likeness (QED) is 0.545. The molecule has 1 amide bonds. The number of carbonyl (C=O) groups excluding carboxylic acids is 1. The summed E-state index contributed by atoms with van der Waals surface area (Å²) >= 11 is 0. The first-order valence-corrected chi connectivity index (χ1v) is 9.57. The average molecular weight is 391 g/mol. The van der Waals surface area contributed by atoms with Crippen molar-refractivity contribution in [1.29, 1.82) is 0 Å². The van der Waals surface area contributed by atoms with Crippen LogP contribution in [0.25, 0.3) is 6.08 Å². The number of furan rings is 1. The first-order valence-electron chi connectivity index (χ1n) is 9.57. The molecule has 3 rings (SSSR count). The van der Waals surface area contributed by atoms with Gasteiger partial charge in [-0.2, -0.15) is 4.98 Å². The lowest BCUT2D eigenvalue weighted by atomic mass is 10.2. The van der Waals surface area contributed by atoms with Gasteiger partial charge in [0.05, 0.1) is 6.26 Å². The Kier molecular flexibility index (Phi) is 6.63. The van der Waals surface area contributed by atoms with Gasteiger partial charge in [0.2, 0.25) is 11.9 Å². The molecule has 0 atom stereocenters. The van der Waals surface area contributed by atoms with Gasteiger partial charge in [-0.1, -0.05) is 0 Å². The Labute approximate surface area is 170 Å². The minimum Gasteiger partial charge on any atom is -0.465 e. The van der Waals surface area contributed by atoms with Crippen molar-refractivity contribution in [2.24, 2.45) is 0 Å². The molecular formula is C22H25N5O2. The maximum absolute atomic E-state index is 12.0. The van der Waals surface area contributed by atoms with Gasteiger partial charge in [-0.05, 0) is 63.2 Å². The van der Waals surface area contributed by atoms with E-state index in [9.17, 15) is 4.79 Å². The standard InChI is InChI=1S/C22H25N5O2/c1-4-27(5-2)20-15-16(3)23-22(26-20)25-18-10-8-17(9-11-18)24-21(28)13-12-19-7-6-14-29-19/h6-15H,4-5H2,1-3H3,(H,24,28)(H,23,25,26)/b13-12+. The highest BCUT2D eigenvalue weighted by Crippen LogP contribution is 2.20. The number of amides is 1. The Morgan fingerprint density at radius 3 is 2.48 bits per heavy atom. The third-order valence-electron chi connectivity index (χ3n) is 4.28. The molecular weight excluding hydrogens is 366 g/mol. The van der Waals surface area contributed by atoms with Crippen LogP contribution < -0.4 is 15.5 Å². The van der Waals surface area contributed by atoms with Crippen LogP contribution >= 0.6 is 0 Å². The van der Waals surface area contributed by atoms with E-state index in [1.807, 2.05) is 37.3 Å². The number of aryl methyl sites for hydroxylation is 1. The van der Waals surface area contributed by atoms with Crippen LogP contribution in [0.15, 0.2) is 59.2 Å². The molecule has 2 heterocycles. The molecule has 0 saturated heterocycles. The monoisotopic (exact) mass is 391 g/mol. The van der Waals surface area contributed by atoms with Crippen molar-refractivity contribution < 1.29 is 9.21 Å². The van der Waals surface area contributed by atoms with E-state index in [-0.39, 0.29) is 5.91 Å². The number of carbonyl (C=O) groups is 1. The van der Waals surface area contributed by atoms with Gasteiger partial charge in [-0.3, -0.25) is 4.79 Å². The fourth-order valence-electron chi connectivity index (χ4n) is 2.81. The zero-order valence-electron chi connectivity index (χ0n) is 16.8. The fraction of sp³-hybridized carbons (Fsp3) is 0.227. The van der Waals surface area contributed by atoms with E-state index in [2.05, 4.69) is 39.3 Å². The van der Waals surface area contributed by atoms with E-state index in [0.29, 0.717) is 17.4 Å². The highest BCUT2D eigenvalue weighted by atomic mass is 16.3. The van der Waals surface area contributed by atoms with Crippen LogP contribution in [-0.4, -0.2) is 29.0 Å². The van der Waals surface area contributed by atoms with Crippen LogP contribution in [0.1, 0.15) is 25.3 Å². The second-order valence-electron chi connectivity index (χ2n) is 6.40. The molecule has 0 fully saturated rings. The summed E-state index contributed by atoms with van der Waals surface area (Å²) in [5.74, 6) is 1.84. The molecule has 0 saturated carbocycles. The van der Waals surface area contributed by atoms with E-state index < -0.39 is 0 Å². The summed E-state index contributed by atoms with van der Waals surface area (Å²) < 4.78 is 5.16. The summed E-state index contributed by atoms with van der Waals surface area (Å²) in [6.45, 7) is 7.93. The van der Waals surface area contributed by atoms with Crippen molar-refractivity contribution in [3.05, 3.63) is 66.3 Å². The van der Waals surface area contributed by atoms with Crippen LogP contribution in [0.5, 0.6) is 0 Å². The number of aromatic nitrogens is 2. The summed E-state index contributed by atoms with van der Waals surface area (Å²) in [4.78, 5) is 23.2. The number of rotatable bonds is 8. The first-order chi connectivity index (χ1) is 14.1.